The van der Waals surface area contributed by atoms with Crippen LogP contribution >= 0.6 is 11.6 Å². The summed E-state index contributed by atoms with van der Waals surface area (Å²) < 4.78 is 6.43. The van der Waals surface area contributed by atoms with E-state index in [1.54, 1.807) is 45.0 Å². The lowest BCUT2D eigenvalue weighted by molar-refractivity contribution is -0.144. The van der Waals surface area contributed by atoms with Crippen LogP contribution in [0.15, 0.2) is 24.3 Å². The van der Waals surface area contributed by atoms with Gasteiger partial charge in [-0.3, -0.25) is 14.3 Å². The molecular formula is C16H18ClN3O3. The molecule has 7 heteroatoms. The number of rotatable bonds is 5. The number of ether oxygens (including phenoxy) is 1. The third-order valence-electron chi connectivity index (χ3n) is 3.29. The number of hydrogen-bond acceptors (Lipinski definition) is 4. The van der Waals surface area contributed by atoms with E-state index in [-0.39, 0.29) is 18.4 Å². The van der Waals surface area contributed by atoms with Crippen LogP contribution in [-0.2, 0) is 16.1 Å². The molecule has 2 rings (SSSR count). The maximum absolute atomic E-state index is 12.3. The average molecular weight is 336 g/mol. The van der Waals surface area contributed by atoms with Gasteiger partial charge in [0.05, 0.1) is 23.7 Å². The standard InChI is InChI=1S/C16H18ClN3O3/c1-4-23-14(21)9-20-11(3)15(10(2)19-20)18-16(22)12-6-5-7-13(17)8-12/h5-8H,4,9H2,1-3H3,(H,18,22). The predicted octanol–water partition coefficient (Wildman–Crippen LogP) is 2.97. The van der Waals surface area contributed by atoms with E-state index < -0.39 is 0 Å². The van der Waals surface area contributed by atoms with Crippen molar-refractivity contribution in [3.8, 4) is 0 Å². The first-order valence-electron chi connectivity index (χ1n) is 7.19. The zero-order chi connectivity index (χ0) is 17.0. The highest BCUT2D eigenvalue weighted by Crippen LogP contribution is 2.21. The Morgan fingerprint density at radius 1 is 1.35 bits per heavy atom. The second-order valence-electron chi connectivity index (χ2n) is 4.97. The molecule has 0 unspecified atom stereocenters. The minimum Gasteiger partial charge on any atom is -0.465 e. The normalized spacial score (nSPS) is 10.4. The number of anilines is 1. The van der Waals surface area contributed by atoms with E-state index in [4.69, 9.17) is 16.3 Å². The van der Waals surface area contributed by atoms with Gasteiger partial charge in [-0.1, -0.05) is 17.7 Å². The van der Waals surface area contributed by atoms with E-state index in [0.29, 0.717) is 34.3 Å². The summed E-state index contributed by atoms with van der Waals surface area (Å²) in [6.45, 7) is 5.62. The molecule has 0 aliphatic rings. The fraction of sp³-hybridized carbons (Fsp3) is 0.312. The SMILES string of the molecule is CCOC(=O)Cn1nc(C)c(NC(=O)c2cccc(Cl)c2)c1C. The minimum absolute atomic E-state index is 0.00749. The van der Waals surface area contributed by atoms with Crippen LogP contribution in [0.2, 0.25) is 5.02 Å². The average Bonchev–Trinajstić information content (AvgIpc) is 2.75. The number of amides is 1. The predicted molar refractivity (Wildman–Crippen MR) is 87.7 cm³/mol. The van der Waals surface area contributed by atoms with E-state index in [2.05, 4.69) is 10.4 Å². The van der Waals surface area contributed by atoms with E-state index in [1.807, 2.05) is 0 Å². The van der Waals surface area contributed by atoms with Gasteiger partial charge in [0, 0.05) is 10.6 Å². The Balaban J connectivity index is 2.19. The Morgan fingerprint density at radius 2 is 2.09 bits per heavy atom. The molecule has 0 atom stereocenters. The Hall–Kier alpha value is -2.34. The molecule has 1 amide bonds. The molecule has 1 aromatic heterocycles. The molecule has 0 aliphatic carbocycles. The Labute approximate surface area is 139 Å². The summed E-state index contributed by atoms with van der Waals surface area (Å²) in [6, 6.07) is 6.67. The molecule has 23 heavy (non-hydrogen) atoms. The monoisotopic (exact) mass is 335 g/mol. The third-order valence-corrected chi connectivity index (χ3v) is 3.53. The van der Waals surface area contributed by atoms with E-state index in [0.717, 1.165) is 0 Å². The van der Waals surface area contributed by atoms with Gasteiger partial charge in [0.15, 0.2) is 0 Å². The van der Waals surface area contributed by atoms with Crippen LogP contribution in [0.3, 0.4) is 0 Å². The van der Waals surface area contributed by atoms with E-state index in [9.17, 15) is 9.59 Å². The summed E-state index contributed by atoms with van der Waals surface area (Å²) >= 11 is 5.90. The van der Waals surface area contributed by atoms with Gasteiger partial charge in [0.2, 0.25) is 0 Å². The highest BCUT2D eigenvalue weighted by molar-refractivity contribution is 6.31. The van der Waals surface area contributed by atoms with Gasteiger partial charge < -0.3 is 10.1 Å². The van der Waals surface area contributed by atoms with E-state index >= 15 is 0 Å². The van der Waals surface area contributed by atoms with Crippen molar-refractivity contribution in [2.75, 3.05) is 11.9 Å². The van der Waals surface area contributed by atoms with Crippen LogP contribution in [0.1, 0.15) is 28.7 Å². The molecule has 0 saturated heterocycles. The molecule has 1 heterocycles. The van der Waals surface area contributed by atoms with Gasteiger partial charge in [0.25, 0.3) is 5.91 Å². The fourth-order valence-electron chi connectivity index (χ4n) is 2.18. The quantitative estimate of drug-likeness (QED) is 0.852. The Bertz CT molecular complexity index is 740. The number of halogens is 1. The molecule has 0 radical (unpaired) electrons. The molecule has 122 valence electrons. The first-order chi connectivity index (χ1) is 10.9. The number of nitrogens with zero attached hydrogens (tertiary/aromatic N) is 2. The van der Waals surface area contributed by atoms with Gasteiger partial charge in [-0.25, -0.2) is 0 Å². The number of aryl methyl sites for hydroxylation is 1. The fourth-order valence-corrected chi connectivity index (χ4v) is 2.37. The first-order valence-corrected chi connectivity index (χ1v) is 7.56. The van der Waals surface area contributed by atoms with Crippen molar-refractivity contribution in [3.05, 3.63) is 46.2 Å². The second-order valence-corrected chi connectivity index (χ2v) is 5.41. The summed E-state index contributed by atoms with van der Waals surface area (Å²) in [5.74, 6) is -0.653. The molecule has 1 N–H and O–H groups in total. The zero-order valence-corrected chi connectivity index (χ0v) is 14.0. The number of benzene rings is 1. The van der Waals surface area contributed by atoms with Crippen LogP contribution in [0, 0.1) is 13.8 Å². The van der Waals surface area contributed by atoms with Gasteiger partial charge in [0.1, 0.15) is 6.54 Å². The lowest BCUT2D eigenvalue weighted by Gasteiger charge is -2.07. The van der Waals surface area contributed by atoms with Crippen molar-refractivity contribution >= 4 is 29.2 Å². The zero-order valence-electron chi connectivity index (χ0n) is 13.2. The molecule has 1 aromatic carbocycles. The summed E-state index contributed by atoms with van der Waals surface area (Å²) in [5.41, 5.74) is 2.35. The molecule has 0 aliphatic heterocycles. The number of esters is 1. The number of aromatic nitrogens is 2. The summed E-state index contributed by atoms with van der Waals surface area (Å²) in [5, 5.41) is 7.58. The Kier molecular flexibility index (Phi) is 5.39. The smallest absolute Gasteiger partial charge is 0.327 e. The highest BCUT2D eigenvalue weighted by Gasteiger charge is 2.17. The maximum atomic E-state index is 12.3. The minimum atomic E-state index is -0.370. The number of carbonyl (C=O) groups excluding carboxylic acids is 2. The molecule has 0 bridgehead atoms. The van der Waals surface area contributed by atoms with Crippen molar-refractivity contribution in [2.24, 2.45) is 0 Å². The van der Waals surface area contributed by atoms with E-state index in [1.165, 1.54) is 4.68 Å². The van der Waals surface area contributed by atoms with Crippen molar-refractivity contribution in [3.63, 3.8) is 0 Å². The molecule has 0 spiro atoms. The van der Waals surface area contributed by atoms with Crippen molar-refractivity contribution < 1.29 is 14.3 Å². The number of hydrogen-bond donors (Lipinski definition) is 1. The van der Waals surface area contributed by atoms with Crippen molar-refractivity contribution in [1.29, 1.82) is 0 Å². The summed E-state index contributed by atoms with van der Waals surface area (Å²) in [7, 11) is 0. The van der Waals surface area contributed by atoms with Crippen molar-refractivity contribution in [2.45, 2.75) is 27.3 Å². The second kappa shape index (κ2) is 7.28. The van der Waals surface area contributed by atoms with Crippen LogP contribution in [0.4, 0.5) is 5.69 Å². The van der Waals surface area contributed by atoms with Gasteiger partial charge in [-0.15, -0.1) is 0 Å². The largest absolute Gasteiger partial charge is 0.465 e. The van der Waals surface area contributed by atoms with Crippen LogP contribution in [0.5, 0.6) is 0 Å². The topological polar surface area (TPSA) is 73.2 Å². The number of carbonyl (C=O) groups is 2. The van der Waals surface area contributed by atoms with Gasteiger partial charge >= 0.3 is 5.97 Å². The number of nitrogens with one attached hydrogen (secondary N) is 1. The van der Waals surface area contributed by atoms with Crippen LogP contribution in [0.25, 0.3) is 0 Å². The lowest BCUT2D eigenvalue weighted by atomic mass is 10.2. The molecule has 6 nitrogen and oxygen atoms in total. The molecule has 0 saturated carbocycles. The summed E-state index contributed by atoms with van der Waals surface area (Å²) in [6.07, 6.45) is 0. The Morgan fingerprint density at radius 3 is 2.74 bits per heavy atom. The third kappa shape index (κ3) is 4.10. The van der Waals surface area contributed by atoms with Gasteiger partial charge in [-0.05, 0) is 39.0 Å². The maximum Gasteiger partial charge on any atom is 0.327 e. The first kappa shape index (κ1) is 17.0. The molecule has 2 aromatic rings. The lowest BCUT2D eigenvalue weighted by Crippen LogP contribution is -2.16. The van der Waals surface area contributed by atoms with Crippen molar-refractivity contribution in [1.82, 2.24) is 9.78 Å². The molecular weight excluding hydrogens is 318 g/mol. The highest BCUT2D eigenvalue weighted by atomic mass is 35.5. The molecule has 0 fully saturated rings. The van der Waals surface area contributed by atoms with Crippen LogP contribution < -0.4 is 5.32 Å². The van der Waals surface area contributed by atoms with Crippen LogP contribution in [-0.4, -0.2) is 28.3 Å². The van der Waals surface area contributed by atoms with Gasteiger partial charge in [-0.2, -0.15) is 5.10 Å². The summed E-state index contributed by atoms with van der Waals surface area (Å²) in [4.78, 5) is 23.9.